The summed E-state index contributed by atoms with van der Waals surface area (Å²) in [4.78, 5) is 72.0. The molecule has 1 aromatic heterocycles. The molecule has 2 amide bonds. The first-order valence-electron chi connectivity index (χ1n) is 25.5. The molecular weight excluding hydrogens is 925 g/mol. The van der Waals surface area contributed by atoms with Gasteiger partial charge in [0.1, 0.15) is 11.8 Å². The number of aromatic nitrogens is 1. The number of carbonyl (C=O) groups is 5. The zero-order valence-corrected chi connectivity index (χ0v) is 41.8. The maximum Gasteiger partial charge on any atom is 0.353 e. The van der Waals surface area contributed by atoms with Gasteiger partial charge in [-0.15, -0.1) is 11.8 Å². The van der Waals surface area contributed by atoms with Crippen molar-refractivity contribution in [2.75, 3.05) is 26.5 Å². The number of aliphatic carboxylic acids is 2. The Hall–Kier alpha value is -5.09. The number of carboxylic acids is 2. The van der Waals surface area contributed by atoms with Crippen LogP contribution in [0.1, 0.15) is 119 Å². The molecule has 2 heterocycles. The first-order chi connectivity index (χ1) is 34.2. The smallest absolute Gasteiger partial charge is 0.353 e. The summed E-state index contributed by atoms with van der Waals surface area (Å²) in [5, 5.41) is 53.8. The number of aryl methyl sites for hydroxylation is 1. The van der Waals surface area contributed by atoms with E-state index in [4.69, 9.17) is 4.74 Å². The zero-order valence-electron chi connectivity index (χ0n) is 40.9. The van der Waals surface area contributed by atoms with E-state index < -0.39 is 71.2 Å². The number of pyridine rings is 1. The van der Waals surface area contributed by atoms with Crippen LogP contribution in [0.5, 0.6) is 0 Å². The summed E-state index contributed by atoms with van der Waals surface area (Å²) in [6.07, 6.45) is 15.0. The number of nitrogens with one attached hydrogen (secondary N) is 5. The monoisotopic (exact) mass is 994 g/mol. The van der Waals surface area contributed by atoms with Crippen LogP contribution in [0, 0.1) is 34.0 Å². The van der Waals surface area contributed by atoms with Gasteiger partial charge in [0.25, 0.3) is 0 Å². The standard InChI is InChI=1S/C54H70N6O10S/c1-55-33-58-54(69,49(66)67)28-19-41(61)59-40(46(62)60-47(63)48(64)65)32-71-45-44-43-37(16-4-3-7-22-51(45)23-8-9-24-51)52(25-10-11-26-52)38(31-34-20-29-57-30-21-34)42-39(56-2)18-17-36-14-6-5-13-35(36)15-12-27-53(42,43)50(68)70-44/h5-6,13-14,20-21,29-30,37,39-40,45,47,55-56,58,63,69H,3-4,7-11,15-19,22-26,28,31-33H2,1-2H3,(H,59,61)(H,60,62)(H,64,65)(H,66,67)/t37-,39+,40+,45+,47+,53-,54-/m1/s1. The summed E-state index contributed by atoms with van der Waals surface area (Å²) in [5.41, 5.74) is 2.11. The second-order valence-electron chi connectivity index (χ2n) is 20.5. The highest BCUT2D eigenvalue weighted by molar-refractivity contribution is 8.00. The second-order valence-corrected chi connectivity index (χ2v) is 21.6. The number of ether oxygens (including phenoxy) is 1. The van der Waals surface area contributed by atoms with Crippen molar-refractivity contribution in [1.29, 1.82) is 0 Å². The molecule has 0 radical (unpaired) electrons. The number of aliphatic hydroxyl groups is 2. The summed E-state index contributed by atoms with van der Waals surface area (Å²) in [6, 6.07) is 10.9. The summed E-state index contributed by atoms with van der Waals surface area (Å²) in [5.74, 6) is 2.30. The number of aliphatic hydroxyl groups excluding tert-OH is 1. The molecule has 0 bridgehead atoms. The molecule has 7 atom stereocenters. The molecule has 17 heteroatoms. The van der Waals surface area contributed by atoms with Crippen molar-refractivity contribution in [1.82, 2.24) is 31.6 Å². The number of nitrogens with zero attached hydrogens (tertiary/aromatic N) is 1. The van der Waals surface area contributed by atoms with Crippen molar-refractivity contribution in [2.45, 2.75) is 151 Å². The van der Waals surface area contributed by atoms with E-state index in [9.17, 15) is 39.6 Å². The number of carboxylic acid groups (broad SMARTS) is 2. The van der Waals surface area contributed by atoms with Gasteiger partial charge >= 0.3 is 17.9 Å². The largest absolute Gasteiger partial charge is 0.478 e. The van der Waals surface area contributed by atoms with Crippen molar-refractivity contribution in [3.63, 3.8) is 0 Å². The summed E-state index contributed by atoms with van der Waals surface area (Å²) in [6.45, 7) is -0.0769. The van der Waals surface area contributed by atoms with Crippen LogP contribution in [0.25, 0.3) is 0 Å². The number of carbonyl (C=O) groups excluding carboxylic acids is 3. The third-order valence-corrected chi connectivity index (χ3v) is 18.1. The molecule has 2 fully saturated rings. The molecule has 1 aliphatic heterocycles. The normalized spacial score (nSPS) is 26.1. The maximum atomic E-state index is 15.9. The molecule has 0 unspecified atom stereocenters. The Morgan fingerprint density at radius 1 is 0.901 bits per heavy atom. The molecule has 3 spiro atoms. The van der Waals surface area contributed by atoms with Crippen molar-refractivity contribution in [2.24, 2.45) is 22.2 Å². The van der Waals surface area contributed by atoms with E-state index in [1.54, 1.807) is 7.05 Å². The highest BCUT2D eigenvalue weighted by atomic mass is 32.2. The molecule has 2 aromatic rings. The van der Waals surface area contributed by atoms with Gasteiger partial charge < -0.3 is 46.4 Å². The topological polar surface area (TPSA) is 249 Å². The number of hydrogen-bond acceptors (Lipinski definition) is 13. The van der Waals surface area contributed by atoms with Crippen molar-refractivity contribution >= 4 is 41.5 Å². The first kappa shape index (κ1) is 52.2. The molecule has 5 aliphatic carbocycles. The number of benzene rings is 1. The SMILES string of the molecule is CNCN[C@@](O)(CCC(=O)N[C@@H](CS[C@H]1C2=C3[C@@H](CCCCCC14CCCC4)C1(CCCC1)C(Cc1ccncc1)=C1[C@@H](NC)CCc4ccccc4CC#C[C@@]13C(=O)O2)C(=O)N[C@@H](O)C(=O)O)C(=O)O. The number of thioether (sulfide) groups is 1. The Balaban J connectivity index is 1.30. The number of amides is 2. The van der Waals surface area contributed by atoms with Crippen LogP contribution in [-0.2, 0) is 48.0 Å². The van der Waals surface area contributed by atoms with Gasteiger partial charge in [0.15, 0.2) is 5.41 Å². The quantitative estimate of drug-likeness (QED) is 0.0454. The van der Waals surface area contributed by atoms with Gasteiger partial charge in [-0.2, -0.15) is 0 Å². The van der Waals surface area contributed by atoms with E-state index in [0.717, 1.165) is 119 Å². The Labute approximate surface area is 420 Å². The van der Waals surface area contributed by atoms with Crippen LogP contribution in [0.4, 0.5) is 0 Å². The number of allylic oxidation sites excluding steroid dienone is 1. The lowest BCUT2D eigenvalue weighted by Crippen LogP contribution is -2.56. The van der Waals surface area contributed by atoms with Crippen LogP contribution in [-0.4, -0.2) is 111 Å². The van der Waals surface area contributed by atoms with Gasteiger partial charge in [-0.05, 0) is 123 Å². The van der Waals surface area contributed by atoms with E-state index in [2.05, 4.69) is 73.7 Å². The van der Waals surface area contributed by atoms with Crippen LogP contribution >= 0.6 is 11.8 Å². The summed E-state index contributed by atoms with van der Waals surface area (Å²) < 4.78 is 7.05. The third-order valence-electron chi connectivity index (χ3n) is 16.5. The lowest BCUT2D eigenvalue weighted by molar-refractivity contribution is -0.164. The average Bonchev–Trinajstić information content (AvgIpc) is 4.12. The predicted molar refractivity (Wildman–Crippen MR) is 267 cm³/mol. The van der Waals surface area contributed by atoms with Gasteiger partial charge in [0.05, 0.1) is 5.25 Å². The van der Waals surface area contributed by atoms with Gasteiger partial charge in [0, 0.05) is 55.7 Å². The van der Waals surface area contributed by atoms with Crippen molar-refractivity contribution < 1.29 is 49.1 Å². The fourth-order valence-electron chi connectivity index (χ4n) is 13.1. The average molecular weight is 995 g/mol. The maximum absolute atomic E-state index is 15.9. The highest BCUT2D eigenvalue weighted by Gasteiger charge is 2.67. The molecule has 8 rings (SSSR count). The lowest BCUT2D eigenvalue weighted by Gasteiger charge is -2.53. The molecule has 16 nitrogen and oxygen atoms in total. The minimum absolute atomic E-state index is 0.0769. The fraction of sp³-hybridized carbons (Fsp3) is 0.593. The predicted octanol–water partition coefficient (Wildman–Crippen LogP) is 4.64. The number of hydrogen-bond donors (Lipinski definition) is 9. The van der Waals surface area contributed by atoms with Crippen LogP contribution in [0.15, 0.2) is 71.3 Å². The second kappa shape index (κ2) is 22.4. The Morgan fingerprint density at radius 3 is 2.27 bits per heavy atom. The van der Waals surface area contributed by atoms with E-state index in [1.807, 2.05) is 25.5 Å². The zero-order chi connectivity index (χ0) is 50.4. The van der Waals surface area contributed by atoms with E-state index in [-0.39, 0.29) is 35.2 Å². The van der Waals surface area contributed by atoms with Gasteiger partial charge in [-0.25, -0.2) is 14.4 Å². The number of rotatable bonds is 17. The van der Waals surface area contributed by atoms with E-state index >= 15 is 4.79 Å². The Bertz CT molecular complexity index is 2460. The molecule has 1 aromatic carbocycles. The minimum atomic E-state index is -2.47. The molecule has 382 valence electrons. The van der Waals surface area contributed by atoms with E-state index in [0.29, 0.717) is 18.6 Å². The summed E-state index contributed by atoms with van der Waals surface area (Å²) >= 11 is 1.40. The number of likely N-dealkylation sites (N-methyl/N-ethyl adjacent to an activating group) is 1. The molecular formula is C54H70N6O10S. The molecule has 6 aliphatic rings. The molecule has 71 heavy (non-hydrogen) atoms. The first-order valence-corrected chi connectivity index (χ1v) is 26.6. The van der Waals surface area contributed by atoms with Crippen LogP contribution in [0.3, 0.4) is 0 Å². The van der Waals surface area contributed by atoms with Crippen molar-refractivity contribution in [3.05, 3.63) is 88.0 Å². The lowest BCUT2D eigenvalue weighted by atomic mass is 9.49. The van der Waals surface area contributed by atoms with E-state index in [1.165, 1.54) is 22.9 Å². The van der Waals surface area contributed by atoms with Crippen LogP contribution < -0.4 is 26.6 Å². The van der Waals surface area contributed by atoms with Gasteiger partial charge in [-0.1, -0.05) is 86.6 Å². The Morgan fingerprint density at radius 2 is 1.59 bits per heavy atom. The fourth-order valence-corrected chi connectivity index (χ4v) is 14.7. The molecule has 9 N–H and O–H groups in total. The van der Waals surface area contributed by atoms with Gasteiger partial charge in [-0.3, -0.25) is 19.9 Å². The molecule has 2 saturated carbocycles. The highest BCUT2D eigenvalue weighted by Crippen LogP contribution is 2.69. The number of fused-ring (bicyclic) bond motifs is 2. The van der Waals surface area contributed by atoms with Crippen molar-refractivity contribution in [3.8, 4) is 11.8 Å². The number of esters is 1. The van der Waals surface area contributed by atoms with Crippen LogP contribution in [0.2, 0.25) is 0 Å². The molecule has 0 saturated heterocycles. The minimum Gasteiger partial charge on any atom is -0.478 e. The third kappa shape index (κ3) is 10.4. The van der Waals surface area contributed by atoms with Gasteiger partial charge in [0.2, 0.25) is 23.8 Å². The summed E-state index contributed by atoms with van der Waals surface area (Å²) in [7, 11) is 3.53. The Kier molecular flexibility index (Phi) is 16.4.